The van der Waals surface area contributed by atoms with Gasteiger partial charge < -0.3 is 10.5 Å². The number of esters is 1. The van der Waals surface area contributed by atoms with Gasteiger partial charge in [-0.15, -0.1) is 0 Å². The SMILES string of the molecule is COC(=O)c1cccc(C#Cc2ccccc2)c1CCCN. The maximum atomic E-state index is 11.9. The van der Waals surface area contributed by atoms with E-state index >= 15 is 0 Å². The number of hydrogen-bond donors (Lipinski definition) is 1. The second-order valence-electron chi connectivity index (χ2n) is 4.83. The Morgan fingerprint density at radius 1 is 1.09 bits per heavy atom. The van der Waals surface area contributed by atoms with Gasteiger partial charge in [0.1, 0.15) is 0 Å². The fraction of sp³-hybridized carbons (Fsp3) is 0.211. The molecule has 112 valence electrons. The van der Waals surface area contributed by atoms with E-state index in [1.807, 2.05) is 42.5 Å². The average molecular weight is 293 g/mol. The van der Waals surface area contributed by atoms with Crippen LogP contribution >= 0.6 is 0 Å². The number of carbonyl (C=O) groups is 1. The summed E-state index contributed by atoms with van der Waals surface area (Å²) in [6, 6.07) is 15.3. The number of rotatable bonds is 4. The molecule has 0 aliphatic heterocycles. The van der Waals surface area contributed by atoms with Crippen LogP contribution in [0.5, 0.6) is 0 Å². The lowest BCUT2D eigenvalue weighted by Gasteiger charge is -2.09. The Balaban J connectivity index is 2.42. The predicted molar refractivity (Wildman–Crippen MR) is 87.6 cm³/mol. The molecule has 22 heavy (non-hydrogen) atoms. The summed E-state index contributed by atoms with van der Waals surface area (Å²) in [7, 11) is 1.39. The minimum absolute atomic E-state index is 0.338. The molecule has 0 atom stereocenters. The lowest BCUT2D eigenvalue weighted by Crippen LogP contribution is -2.09. The minimum atomic E-state index is -0.338. The van der Waals surface area contributed by atoms with Crippen molar-refractivity contribution in [1.29, 1.82) is 0 Å². The van der Waals surface area contributed by atoms with Crippen molar-refractivity contribution in [2.75, 3.05) is 13.7 Å². The van der Waals surface area contributed by atoms with Gasteiger partial charge in [-0.3, -0.25) is 0 Å². The van der Waals surface area contributed by atoms with Crippen molar-refractivity contribution in [1.82, 2.24) is 0 Å². The van der Waals surface area contributed by atoms with Gasteiger partial charge in [0.05, 0.1) is 12.7 Å². The topological polar surface area (TPSA) is 52.3 Å². The third-order valence-electron chi connectivity index (χ3n) is 3.33. The van der Waals surface area contributed by atoms with Crippen LogP contribution < -0.4 is 5.73 Å². The summed E-state index contributed by atoms with van der Waals surface area (Å²) in [6.07, 6.45) is 1.51. The van der Waals surface area contributed by atoms with Gasteiger partial charge in [-0.1, -0.05) is 36.1 Å². The van der Waals surface area contributed by atoms with Gasteiger partial charge in [0, 0.05) is 11.1 Å². The molecule has 0 saturated carbocycles. The zero-order valence-electron chi connectivity index (χ0n) is 12.6. The van der Waals surface area contributed by atoms with Crippen molar-refractivity contribution in [2.45, 2.75) is 12.8 Å². The van der Waals surface area contributed by atoms with Gasteiger partial charge >= 0.3 is 5.97 Å². The molecule has 2 aromatic rings. The van der Waals surface area contributed by atoms with Crippen LogP contribution in [0.2, 0.25) is 0 Å². The summed E-state index contributed by atoms with van der Waals surface area (Å²) in [5.74, 6) is 5.95. The molecule has 0 aliphatic carbocycles. The highest BCUT2D eigenvalue weighted by Gasteiger charge is 2.13. The Hall–Kier alpha value is -2.57. The molecule has 0 saturated heterocycles. The molecule has 0 fully saturated rings. The molecule has 2 N–H and O–H groups in total. The van der Waals surface area contributed by atoms with Crippen LogP contribution in [-0.4, -0.2) is 19.6 Å². The molecule has 0 radical (unpaired) electrons. The van der Waals surface area contributed by atoms with Gasteiger partial charge in [-0.05, 0) is 49.2 Å². The molecule has 0 aromatic heterocycles. The van der Waals surface area contributed by atoms with Crippen molar-refractivity contribution in [3.8, 4) is 11.8 Å². The Morgan fingerprint density at radius 2 is 1.86 bits per heavy atom. The van der Waals surface area contributed by atoms with Gasteiger partial charge in [-0.2, -0.15) is 0 Å². The van der Waals surface area contributed by atoms with Crippen LogP contribution in [0.25, 0.3) is 0 Å². The highest BCUT2D eigenvalue weighted by molar-refractivity contribution is 5.91. The Morgan fingerprint density at radius 3 is 2.55 bits per heavy atom. The number of nitrogens with two attached hydrogens (primary N) is 1. The Bertz CT molecular complexity index is 696. The van der Waals surface area contributed by atoms with Crippen LogP contribution in [0.4, 0.5) is 0 Å². The Kier molecular flexibility index (Phi) is 5.76. The monoisotopic (exact) mass is 293 g/mol. The number of methoxy groups -OCH3 is 1. The first kappa shape index (κ1) is 15.8. The molecule has 0 unspecified atom stereocenters. The fourth-order valence-corrected chi connectivity index (χ4v) is 2.21. The summed E-state index contributed by atoms with van der Waals surface area (Å²) in [5.41, 5.74) is 8.86. The zero-order chi connectivity index (χ0) is 15.8. The number of ether oxygens (including phenoxy) is 1. The summed E-state index contributed by atoms with van der Waals surface area (Å²) in [4.78, 5) is 11.9. The van der Waals surface area contributed by atoms with Crippen LogP contribution in [0.15, 0.2) is 48.5 Å². The van der Waals surface area contributed by atoms with Crippen molar-refractivity contribution >= 4 is 5.97 Å². The fourth-order valence-electron chi connectivity index (χ4n) is 2.21. The third kappa shape index (κ3) is 3.97. The molecule has 3 nitrogen and oxygen atoms in total. The highest BCUT2D eigenvalue weighted by Crippen LogP contribution is 2.17. The third-order valence-corrected chi connectivity index (χ3v) is 3.33. The van der Waals surface area contributed by atoms with E-state index in [9.17, 15) is 4.79 Å². The van der Waals surface area contributed by atoms with E-state index in [0.717, 1.165) is 23.1 Å². The largest absolute Gasteiger partial charge is 0.465 e. The van der Waals surface area contributed by atoms with Crippen LogP contribution in [-0.2, 0) is 11.2 Å². The van der Waals surface area contributed by atoms with Crippen LogP contribution in [0, 0.1) is 11.8 Å². The summed E-state index contributed by atoms with van der Waals surface area (Å²) in [5, 5.41) is 0. The highest BCUT2D eigenvalue weighted by atomic mass is 16.5. The molecule has 2 aromatic carbocycles. The van der Waals surface area contributed by atoms with Crippen LogP contribution in [0.1, 0.15) is 33.5 Å². The van der Waals surface area contributed by atoms with E-state index in [1.165, 1.54) is 7.11 Å². The van der Waals surface area contributed by atoms with Gasteiger partial charge in [0.15, 0.2) is 0 Å². The lowest BCUT2D eigenvalue weighted by atomic mass is 9.96. The second-order valence-corrected chi connectivity index (χ2v) is 4.83. The quantitative estimate of drug-likeness (QED) is 0.696. The molecular weight excluding hydrogens is 274 g/mol. The number of benzene rings is 2. The van der Waals surface area contributed by atoms with E-state index in [4.69, 9.17) is 10.5 Å². The zero-order valence-corrected chi connectivity index (χ0v) is 12.6. The van der Waals surface area contributed by atoms with E-state index < -0.39 is 0 Å². The van der Waals surface area contributed by atoms with E-state index in [1.54, 1.807) is 6.07 Å². The standard InChI is InChI=1S/C19H19NO2/c1-22-19(21)18-10-5-9-16(17(18)11-6-14-20)13-12-15-7-3-2-4-8-15/h2-5,7-10H,6,11,14,20H2,1H3. The summed E-state index contributed by atoms with van der Waals surface area (Å²) >= 11 is 0. The molecule has 0 aliphatic rings. The van der Waals surface area contributed by atoms with Crippen molar-refractivity contribution in [3.63, 3.8) is 0 Å². The average Bonchev–Trinajstić information content (AvgIpc) is 2.58. The van der Waals surface area contributed by atoms with E-state index in [2.05, 4.69) is 11.8 Å². The van der Waals surface area contributed by atoms with Crippen molar-refractivity contribution in [2.24, 2.45) is 5.73 Å². The number of carbonyl (C=O) groups excluding carboxylic acids is 1. The molecule has 0 amide bonds. The van der Waals surface area contributed by atoms with Gasteiger partial charge in [0.25, 0.3) is 0 Å². The first-order valence-electron chi connectivity index (χ1n) is 7.23. The predicted octanol–water partition coefficient (Wildman–Crippen LogP) is 2.76. The maximum absolute atomic E-state index is 11.9. The molecule has 0 heterocycles. The lowest BCUT2D eigenvalue weighted by molar-refractivity contribution is 0.0599. The molecule has 3 heteroatoms. The van der Waals surface area contributed by atoms with Gasteiger partial charge in [-0.25, -0.2) is 4.79 Å². The summed E-state index contributed by atoms with van der Waals surface area (Å²) in [6.45, 7) is 0.570. The molecule has 0 bridgehead atoms. The molecule has 0 spiro atoms. The minimum Gasteiger partial charge on any atom is -0.465 e. The first-order valence-corrected chi connectivity index (χ1v) is 7.23. The Labute approximate surface area is 131 Å². The number of hydrogen-bond acceptors (Lipinski definition) is 3. The molecule has 2 rings (SSSR count). The van der Waals surface area contributed by atoms with Crippen LogP contribution in [0.3, 0.4) is 0 Å². The summed E-state index contributed by atoms with van der Waals surface area (Å²) < 4.78 is 4.86. The molecular formula is C19H19NO2. The second kappa shape index (κ2) is 8.02. The first-order chi connectivity index (χ1) is 10.8. The van der Waals surface area contributed by atoms with Crippen molar-refractivity contribution in [3.05, 3.63) is 70.8 Å². The smallest absolute Gasteiger partial charge is 0.338 e. The van der Waals surface area contributed by atoms with E-state index in [-0.39, 0.29) is 5.97 Å². The van der Waals surface area contributed by atoms with Gasteiger partial charge in [0.2, 0.25) is 0 Å². The normalized spacial score (nSPS) is 9.73. The maximum Gasteiger partial charge on any atom is 0.338 e. The van der Waals surface area contributed by atoms with Crippen molar-refractivity contribution < 1.29 is 9.53 Å². The van der Waals surface area contributed by atoms with E-state index in [0.29, 0.717) is 18.5 Å².